The van der Waals surface area contributed by atoms with Crippen molar-refractivity contribution >= 4 is 10.9 Å². The Morgan fingerprint density at radius 2 is 2.10 bits per heavy atom. The first-order valence-corrected chi connectivity index (χ1v) is 7.08. The van der Waals surface area contributed by atoms with Gasteiger partial charge in [0, 0.05) is 17.1 Å². The number of rotatable bonds is 4. The van der Waals surface area contributed by atoms with Crippen LogP contribution >= 0.6 is 0 Å². The molecule has 0 bridgehead atoms. The Kier molecular flexibility index (Phi) is 3.66. The Bertz CT molecular complexity index is 751. The molecule has 0 saturated heterocycles. The molecule has 2 N–H and O–H groups in total. The maximum absolute atomic E-state index is 6.07. The van der Waals surface area contributed by atoms with Gasteiger partial charge in [-0.05, 0) is 36.6 Å². The van der Waals surface area contributed by atoms with Gasteiger partial charge in [0.15, 0.2) is 0 Å². The molecular weight excluding hydrogens is 264 g/mol. The average molecular weight is 282 g/mol. The fourth-order valence-electron chi connectivity index (χ4n) is 2.33. The number of nitrogens with two attached hydrogens (primary N) is 1. The monoisotopic (exact) mass is 282 g/mol. The molecule has 21 heavy (non-hydrogen) atoms. The van der Waals surface area contributed by atoms with Crippen molar-refractivity contribution in [3.8, 4) is 11.4 Å². The lowest BCUT2D eigenvalue weighted by Crippen LogP contribution is -2.13. The zero-order valence-electron chi connectivity index (χ0n) is 12.2. The van der Waals surface area contributed by atoms with E-state index in [1.165, 1.54) is 0 Å². The Morgan fingerprint density at radius 1 is 1.24 bits per heavy atom. The molecule has 108 valence electrons. The second-order valence-corrected chi connectivity index (χ2v) is 5.60. The molecule has 5 nitrogen and oxygen atoms in total. The SMILES string of the molecule is CC(C)C[C@@H](N)c1nc(-c2ccc3ncccc3c2)no1. The van der Waals surface area contributed by atoms with Gasteiger partial charge in [-0.15, -0.1) is 0 Å². The minimum Gasteiger partial charge on any atom is -0.337 e. The highest BCUT2D eigenvalue weighted by Gasteiger charge is 2.17. The van der Waals surface area contributed by atoms with Crippen LogP contribution in [-0.4, -0.2) is 15.1 Å². The first-order valence-electron chi connectivity index (χ1n) is 7.08. The van der Waals surface area contributed by atoms with Gasteiger partial charge in [-0.2, -0.15) is 4.98 Å². The minimum atomic E-state index is -0.214. The van der Waals surface area contributed by atoms with Crippen LogP contribution in [0.3, 0.4) is 0 Å². The lowest BCUT2D eigenvalue weighted by molar-refractivity contribution is 0.335. The molecule has 1 atom stereocenters. The molecule has 0 spiro atoms. The summed E-state index contributed by atoms with van der Waals surface area (Å²) in [4.78, 5) is 8.71. The summed E-state index contributed by atoms with van der Waals surface area (Å²) < 4.78 is 5.29. The van der Waals surface area contributed by atoms with Crippen LogP contribution in [0.2, 0.25) is 0 Å². The molecule has 1 aromatic carbocycles. The van der Waals surface area contributed by atoms with E-state index in [2.05, 4.69) is 29.0 Å². The second-order valence-electron chi connectivity index (χ2n) is 5.60. The second kappa shape index (κ2) is 5.61. The summed E-state index contributed by atoms with van der Waals surface area (Å²) in [5.74, 6) is 1.54. The maximum atomic E-state index is 6.07. The molecule has 5 heteroatoms. The largest absolute Gasteiger partial charge is 0.337 e. The van der Waals surface area contributed by atoms with Crippen LogP contribution in [0, 0.1) is 5.92 Å². The third-order valence-corrected chi connectivity index (χ3v) is 3.35. The van der Waals surface area contributed by atoms with Gasteiger partial charge in [0.05, 0.1) is 11.6 Å². The third kappa shape index (κ3) is 2.92. The highest BCUT2D eigenvalue weighted by atomic mass is 16.5. The van der Waals surface area contributed by atoms with Crippen molar-refractivity contribution in [2.24, 2.45) is 11.7 Å². The fourth-order valence-corrected chi connectivity index (χ4v) is 2.33. The maximum Gasteiger partial charge on any atom is 0.243 e. The molecule has 0 aliphatic heterocycles. The van der Waals surface area contributed by atoms with Gasteiger partial charge < -0.3 is 10.3 Å². The van der Waals surface area contributed by atoms with E-state index in [0.717, 1.165) is 22.9 Å². The smallest absolute Gasteiger partial charge is 0.243 e. The van der Waals surface area contributed by atoms with E-state index in [-0.39, 0.29) is 6.04 Å². The van der Waals surface area contributed by atoms with Gasteiger partial charge >= 0.3 is 0 Å². The van der Waals surface area contributed by atoms with E-state index in [1.54, 1.807) is 6.20 Å². The number of pyridine rings is 1. The summed E-state index contributed by atoms with van der Waals surface area (Å²) >= 11 is 0. The normalized spacial score (nSPS) is 13.0. The highest BCUT2D eigenvalue weighted by Crippen LogP contribution is 2.23. The summed E-state index contributed by atoms with van der Waals surface area (Å²) in [7, 11) is 0. The third-order valence-electron chi connectivity index (χ3n) is 3.35. The van der Waals surface area contributed by atoms with Crippen LogP contribution in [0.15, 0.2) is 41.1 Å². The summed E-state index contributed by atoms with van der Waals surface area (Å²) in [6, 6.07) is 9.61. The van der Waals surface area contributed by atoms with Gasteiger partial charge in [0.1, 0.15) is 0 Å². The minimum absolute atomic E-state index is 0.214. The lowest BCUT2D eigenvalue weighted by Gasteiger charge is -2.08. The van der Waals surface area contributed by atoms with Crippen molar-refractivity contribution in [3.05, 3.63) is 42.4 Å². The van der Waals surface area contributed by atoms with Crippen LogP contribution in [0.4, 0.5) is 0 Å². The molecule has 3 rings (SSSR count). The summed E-state index contributed by atoms with van der Waals surface area (Å²) in [6.45, 7) is 4.24. The first kappa shape index (κ1) is 13.7. The molecule has 0 fully saturated rings. The Balaban J connectivity index is 1.90. The van der Waals surface area contributed by atoms with Crippen LogP contribution in [0.25, 0.3) is 22.3 Å². The number of hydrogen-bond donors (Lipinski definition) is 1. The van der Waals surface area contributed by atoms with E-state index in [1.807, 2.05) is 30.3 Å². The topological polar surface area (TPSA) is 77.8 Å². The number of nitrogens with zero attached hydrogens (tertiary/aromatic N) is 3. The van der Waals surface area contributed by atoms with Crippen molar-refractivity contribution in [1.29, 1.82) is 0 Å². The van der Waals surface area contributed by atoms with Crippen molar-refractivity contribution in [2.75, 3.05) is 0 Å². The summed E-state index contributed by atoms with van der Waals surface area (Å²) in [5, 5.41) is 5.08. The van der Waals surface area contributed by atoms with Gasteiger partial charge in [-0.25, -0.2) is 0 Å². The van der Waals surface area contributed by atoms with E-state index in [0.29, 0.717) is 17.6 Å². The number of hydrogen-bond acceptors (Lipinski definition) is 5. The Morgan fingerprint density at radius 3 is 2.90 bits per heavy atom. The molecule has 0 aliphatic rings. The van der Waals surface area contributed by atoms with E-state index in [9.17, 15) is 0 Å². The molecule has 0 radical (unpaired) electrons. The van der Waals surface area contributed by atoms with Crippen LogP contribution in [0.1, 0.15) is 32.2 Å². The zero-order valence-corrected chi connectivity index (χ0v) is 12.2. The van der Waals surface area contributed by atoms with Gasteiger partial charge in [-0.3, -0.25) is 4.98 Å². The first-order chi connectivity index (χ1) is 10.1. The molecule has 2 heterocycles. The molecule has 0 saturated carbocycles. The van der Waals surface area contributed by atoms with Crippen molar-refractivity contribution in [3.63, 3.8) is 0 Å². The van der Waals surface area contributed by atoms with E-state index < -0.39 is 0 Å². The van der Waals surface area contributed by atoms with Gasteiger partial charge in [0.25, 0.3) is 0 Å². The number of aromatic nitrogens is 3. The highest BCUT2D eigenvalue weighted by molar-refractivity contribution is 5.82. The predicted molar refractivity (Wildman–Crippen MR) is 81.4 cm³/mol. The number of benzene rings is 1. The van der Waals surface area contributed by atoms with Crippen molar-refractivity contribution < 1.29 is 4.52 Å². The Hall–Kier alpha value is -2.27. The molecule has 0 aliphatic carbocycles. The summed E-state index contributed by atoms with van der Waals surface area (Å²) in [6.07, 6.45) is 2.60. The predicted octanol–water partition coefficient (Wildman–Crippen LogP) is 3.33. The van der Waals surface area contributed by atoms with E-state index in [4.69, 9.17) is 10.3 Å². The fraction of sp³-hybridized carbons (Fsp3) is 0.312. The molecular formula is C16H18N4O. The molecule has 0 amide bonds. The summed E-state index contributed by atoms with van der Waals surface area (Å²) in [5.41, 5.74) is 7.92. The van der Waals surface area contributed by atoms with Gasteiger partial charge in [-0.1, -0.05) is 25.1 Å². The lowest BCUT2D eigenvalue weighted by atomic mass is 10.0. The van der Waals surface area contributed by atoms with Crippen LogP contribution in [-0.2, 0) is 0 Å². The van der Waals surface area contributed by atoms with Crippen LogP contribution < -0.4 is 5.73 Å². The van der Waals surface area contributed by atoms with Crippen molar-refractivity contribution in [2.45, 2.75) is 26.3 Å². The average Bonchev–Trinajstić information content (AvgIpc) is 2.96. The van der Waals surface area contributed by atoms with E-state index >= 15 is 0 Å². The van der Waals surface area contributed by atoms with Crippen molar-refractivity contribution in [1.82, 2.24) is 15.1 Å². The standard InChI is InChI=1S/C16H18N4O/c1-10(2)8-13(17)16-19-15(20-21-16)12-5-6-14-11(9-12)4-3-7-18-14/h3-7,9-10,13H,8,17H2,1-2H3/t13-/m1/s1. The zero-order chi connectivity index (χ0) is 14.8. The molecule has 3 aromatic rings. The van der Waals surface area contributed by atoms with Crippen LogP contribution in [0.5, 0.6) is 0 Å². The number of fused-ring (bicyclic) bond motifs is 1. The Labute approximate surface area is 123 Å². The quantitative estimate of drug-likeness (QED) is 0.794. The molecule has 2 aromatic heterocycles. The van der Waals surface area contributed by atoms with Gasteiger partial charge in [0.2, 0.25) is 11.7 Å². The molecule has 0 unspecified atom stereocenters.